The Bertz CT molecular complexity index is 1400. The van der Waals surface area contributed by atoms with E-state index in [1.165, 1.54) is 11.3 Å². The lowest BCUT2D eigenvalue weighted by atomic mass is 9.70. The first-order valence-corrected chi connectivity index (χ1v) is 13.1. The number of aromatic amines is 1. The third kappa shape index (κ3) is 3.56. The second kappa shape index (κ2) is 8.47. The number of nitrogens with zero attached hydrogens (tertiary/aromatic N) is 3. The smallest absolute Gasteiger partial charge is 0.195 e. The van der Waals surface area contributed by atoms with Crippen molar-refractivity contribution in [3.63, 3.8) is 0 Å². The molecular formula is C30H34N4O2. The molecule has 0 bridgehead atoms. The van der Waals surface area contributed by atoms with Crippen molar-refractivity contribution >= 4 is 22.4 Å². The Morgan fingerprint density at radius 1 is 1.14 bits per heavy atom. The molecule has 6 nitrogen and oxygen atoms in total. The minimum Gasteiger partial charge on any atom is -0.378 e. The summed E-state index contributed by atoms with van der Waals surface area (Å²) in [5.74, 6) is 0.580. The maximum atomic E-state index is 14.0. The van der Waals surface area contributed by atoms with E-state index >= 15 is 0 Å². The maximum Gasteiger partial charge on any atom is 0.195 e. The number of carbonyl (C=O) groups excluding carboxylic acids is 1. The number of rotatable bonds is 4. The number of ketones is 1. The molecule has 3 aliphatic rings. The average molecular weight is 483 g/mol. The molecule has 0 spiro atoms. The highest BCUT2D eigenvalue weighted by molar-refractivity contribution is 6.20. The average Bonchev–Trinajstić information content (AvgIpc) is 3.22. The van der Waals surface area contributed by atoms with Gasteiger partial charge in [-0.3, -0.25) is 9.69 Å². The van der Waals surface area contributed by atoms with E-state index in [4.69, 9.17) is 4.74 Å². The van der Waals surface area contributed by atoms with Gasteiger partial charge < -0.3 is 14.6 Å². The van der Waals surface area contributed by atoms with E-state index in [1.54, 1.807) is 6.07 Å². The molecule has 2 aliphatic heterocycles. The predicted molar refractivity (Wildman–Crippen MR) is 142 cm³/mol. The number of hydrogen-bond donors (Lipinski definition) is 1. The Balaban J connectivity index is 1.44. The quantitative estimate of drug-likeness (QED) is 0.587. The van der Waals surface area contributed by atoms with Crippen molar-refractivity contribution in [3.8, 4) is 6.07 Å². The Hall–Kier alpha value is -3.14. The molecule has 1 aromatic heterocycles. The summed E-state index contributed by atoms with van der Waals surface area (Å²) in [5.41, 5.74) is 7.24. The summed E-state index contributed by atoms with van der Waals surface area (Å²) >= 11 is 0. The molecule has 6 rings (SSSR count). The molecule has 1 aliphatic carbocycles. The number of hydrogen-bond acceptors (Lipinski definition) is 5. The van der Waals surface area contributed by atoms with Gasteiger partial charge in [0.1, 0.15) is 0 Å². The molecular weight excluding hydrogens is 448 g/mol. The Kier molecular flexibility index (Phi) is 5.47. The van der Waals surface area contributed by atoms with E-state index < -0.39 is 0 Å². The van der Waals surface area contributed by atoms with Crippen LogP contribution >= 0.6 is 0 Å². The van der Waals surface area contributed by atoms with Crippen LogP contribution in [0.15, 0.2) is 30.3 Å². The number of H-pyrrole nitrogens is 1. The zero-order chi connectivity index (χ0) is 25.2. The number of benzene rings is 2. The topological polar surface area (TPSA) is 72.4 Å². The number of piperazine rings is 1. The maximum absolute atomic E-state index is 14.0. The van der Waals surface area contributed by atoms with Crippen molar-refractivity contribution in [3.05, 3.63) is 63.8 Å². The molecule has 186 valence electrons. The molecule has 2 fully saturated rings. The van der Waals surface area contributed by atoms with Gasteiger partial charge in [0, 0.05) is 59.4 Å². The first-order valence-electron chi connectivity index (χ1n) is 13.1. The van der Waals surface area contributed by atoms with Crippen LogP contribution in [0.2, 0.25) is 0 Å². The molecule has 0 atom stereocenters. The summed E-state index contributed by atoms with van der Waals surface area (Å²) in [4.78, 5) is 22.6. The Morgan fingerprint density at radius 3 is 2.53 bits per heavy atom. The van der Waals surface area contributed by atoms with Crippen molar-refractivity contribution in [1.29, 1.82) is 5.26 Å². The van der Waals surface area contributed by atoms with Gasteiger partial charge in [0.05, 0.1) is 36.5 Å². The lowest BCUT2D eigenvalue weighted by Gasteiger charge is -2.44. The van der Waals surface area contributed by atoms with Gasteiger partial charge >= 0.3 is 0 Å². The van der Waals surface area contributed by atoms with Gasteiger partial charge in [-0.2, -0.15) is 5.26 Å². The lowest BCUT2D eigenvalue weighted by molar-refractivity contribution is -0.0660. The van der Waals surface area contributed by atoms with Crippen LogP contribution in [-0.2, 0) is 16.6 Å². The van der Waals surface area contributed by atoms with Gasteiger partial charge in [0.15, 0.2) is 5.78 Å². The third-order valence-corrected chi connectivity index (χ3v) is 8.34. The molecule has 0 amide bonds. The van der Waals surface area contributed by atoms with Crippen LogP contribution < -0.4 is 4.90 Å². The van der Waals surface area contributed by atoms with Gasteiger partial charge in [-0.15, -0.1) is 0 Å². The fourth-order valence-electron chi connectivity index (χ4n) is 6.24. The van der Waals surface area contributed by atoms with Crippen LogP contribution in [0.25, 0.3) is 10.9 Å². The zero-order valence-corrected chi connectivity index (χ0v) is 21.6. The highest BCUT2D eigenvalue weighted by Crippen LogP contribution is 2.46. The number of aromatic nitrogens is 1. The first kappa shape index (κ1) is 23.3. The SMILES string of the molecule is CC(C)Cc1cc2c(cc1N1CCN(C3COC3)CC1)C(C)(C)c1[nH]c3cc(C#N)ccc3c1C2=O. The molecule has 2 aromatic carbocycles. The van der Waals surface area contributed by atoms with Crippen molar-refractivity contribution in [1.82, 2.24) is 9.88 Å². The van der Waals surface area contributed by atoms with E-state index in [1.807, 2.05) is 12.1 Å². The van der Waals surface area contributed by atoms with Crippen LogP contribution in [0.1, 0.15) is 66.0 Å². The fraction of sp³-hybridized carbons (Fsp3) is 0.467. The minimum atomic E-state index is -0.361. The molecule has 0 radical (unpaired) electrons. The van der Waals surface area contributed by atoms with E-state index in [-0.39, 0.29) is 11.2 Å². The number of anilines is 1. The van der Waals surface area contributed by atoms with Gasteiger partial charge in [-0.25, -0.2) is 0 Å². The van der Waals surface area contributed by atoms with Crippen LogP contribution in [-0.4, -0.2) is 61.1 Å². The molecule has 0 unspecified atom stereocenters. The minimum absolute atomic E-state index is 0.0849. The summed E-state index contributed by atoms with van der Waals surface area (Å²) in [6.07, 6.45) is 0.944. The number of ether oxygens (including phenoxy) is 1. The summed E-state index contributed by atoms with van der Waals surface area (Å²) in [7, 11) is 0. The monoisotopic (exact) mass is 482 g/mol. The molecule has 6 heteroatoms. The summed E-state index contributed by atoms with van der Waals surface area (Å²) in [5, 5.41) is 10.3. The summed E-state index contributed by atoms with van der Waals surface area (Å²) in [6.45, 7) is 14.7. The van der Waals surface area contributed by atoms with Gasteiger partial charge in [0.2, 0.25) is 0 Å². The highest BCUT2D eigenvalue weighted by Gasteiger charge is 2.41. The van der Waals surface area contributed by atoms with Crippen LogP contribution in [0, 0.1) is 17.2 Å². The van der Waals surface area contributed by atoms with Crippen molar-refractivity contribution in [2.45, 2.75) is 45.6 Å². The Labute approximate surface area is 212 Å². The molecule has 1 N–H and O–H groups in total. The second-order valence-electron chi connectivity index (χ2n) is 11.5. The van der Waals surface area contributed by atoms with Gasteiger partial charge in [-0.05, 0) is 47.7 Å². The predicted octanol–water partition coefficient (Wildman–Crippen LogP) is 4.63. The molecule has 2 saturated heterocycles. The lowest BCUT2D eigenvalue weighted by Crippen LogP contribution is -2.56. The molecule has 0 saturated carbocycles. The number of fused-ring (bicyclic) bond motifs is 4. The molecule has 3 heterocycles. The summed E-state index contributed by atoms with van der Waals surface area (Å²) in [6, 6.07) is 12.8. The largest absolute Gasteiger partial charge is 0.378 e. The van der Waals surface area contributed by atoms with Crippen molar-refractivity contribution < 1.29 is 9.53 Å². The van der Waals surface area contributed by atoms with Crippen molar-refractivity contribution in [2.24, 2.45) is 5.92 Å². The van der Waals surface area contributed by atoms with Gasteiger partial charge in [-0.1, -0.05) is 33.8 Å². The fourth-order valence-corrected chi connectivity index (χ4v) is 6.24. The highest BCUT2D eigenvalue weighted by atomic mass is 16.5. The Morgan fingerprint density at radius 2 is 1.89 bits per heavy atom. The van der Waals surface area contributed by atoms with E-state index in [9.17, 15) is 10.1 Å². The summed E-state index contributed by atoms with van der Waals surface area (Å²) < 4.78 is 5.41. The van der Waals surface area contributed by atoms with Crippen molar-refractivity contribution in [2.75, 3.05) is 44.3 Å². The van der Waals surface area contributed by atoms with Crippen LogP contribution in [0.5, 0.6) is 0 Å². The number of nitriles is 1. The van der Waals surface area contributed by atoms with E-state index in [0.717, 1.165) is 79.1 Å². The molecule has 36 heavy (non-hydrogen) atoms. The number of nitrogens with one attached hydrogen (secondary N) is 1. The normalized spacial score (nSPS) is 19.8. The molecule has 3 aromatic rings. The zero-order valence-electron chi connectivity index (χ0n) is 21.6. The second-order valence-corrected chi connectivity index (χ2v) is 11.5. The van der Waals surface area contributed by atoms with Gasteiger partial charge in [0.25, 0.3) is 0 Å². The number of carbonyl (C=O) groups is 1. The third-order valence-electron chi connectivity index (χ3n) is 8.34. The van der Waals surface area contributed by atoms with Crippen LogP contribution in [0.4, 0.5) is 5.69 Å². The first-order chi connectivity index (χ1) is 17.3. The van der Waals surface area contributed by atoms with E-state index in [2.05, 4.69) is 60.7 Å². The standard InChI is InChI=1S/C30H34N4O2/c1-18(2)11-20-13-23-24(14-26(20)34-9-7-33(8-10-34)21-16-36-17-21)30(3,4)29-27(28(23)35)22-6-5-19(15-31)12-25(22)32-29/h5-6,12-14,18,21,32H,7-11,16-17H2,1-4H3. The van der Waals surface area contributed by atoms with E-state index in [0.29, 0.717) is 17.5 Å². The van der Waals surface area contributed by atoms with Crippen LogP contribution in [0.3, 0.4) is 0 Å².